The second kappa shape index (κ2) is 8.08. The first-order valence-electron chi connectivity index (χ1n) is 5.84. The summed E-state index contributed by atoms with van der Waals surface area (Å²) in [5, 5.41) is 0. The van der Waals surface area contributed by atoms with E-state index in [1.165, 1.54) is 0 Å². The molecule has 94 valence electrons. The number of hydrogen-bond acceptors (Lipinski definition) is 3. The topological polar surface area (TPSA) is 27.7 Å². The molecule has 1 aliphatic carbocycles. The fourth-order valence-corrected chi connectivity index (χ4v) is 1.63. The Morgan fingerprint density at radius 2 is 1.75 bits per heavy atom. The van der Waals surface area contributed by atoms with Gasteiger partial charge >= 0.3 is 0 Å². The Balaban J connectivity index is 0.00000106. The number of allylic oxidation sites excluding steroid dienone is 2. The van der Waals surface area contributed by atoms with Gasteiger partial charge in [-0.05, 0) is 18.4 Å². The van der Waals surface area contributed by atoms with E-state index in [-0.39, 0.29) is 0 Å². The average Bonchev–Trinajstić information content (AvgIpc) is 2.39. The van der Waals surface area contributed by atoms with Crippen LogP contribution in [0.15, 0.2) is 23.4 Å². The second-order valence-electron chi connectivity index (χ2n) is 3.27. The van der Waals surface area contributed by atoms with Gasteiger partial charge in [0, 0.05) is 6.42 Å². The van der Waals surface area contributed by atoms with Crippen LogP contribution in [0, 0.1) is 5.92 Å². The summed E-state index contributed by atoms with van der Waals surface area (Å²) in [5.74, 6) is 2.86. The van der Waals surface area contributed by atoms with E-state index in [1.54, 1.807) is 21.3 Å². The molecule has 0 fully saturated rings. The Kier molecular flexibility index (Phi) is 7.52. The predicted octanol–water partition coefficient (Wildman–Crippen LogP) is 3.48. The summed E-state index contributed by atoms with van der Waals surface area (Å²) in [5.41, 5.74) is 0. The summed E-state index contributed by atoms with van der Waals surface area (Å²) in [6.45, 7) is 6.15. The van der Waals surface area contributed by atoms with Gasteiger partial charge in [-0.3, -0.25) is 0 Å². The van der Waals surface area contributed by atoms with E-state index in [1.807, 2.05) is 13.8 Å². The highest BCUT2D eigenvalue weighted by molar-refractivity contribution is 5.28. The Labute approximate surface area is 99.1 Å². The van der Waals surface area contributed by atoms with Crippen LogP contribution >= 0.6 is 0 Å². The average molecular weight is 228 g/mol. The first kappa shape index (κ1) is 14.9. The summed E-state index contributed by atoms with van der Waals surface area (Å²) in [4.78, 5) is 0. The molecule has 1 rings (SSSR count). The summed E-state index contributed by atoms with van der Waals surface area (Å²) >= 11 is 0. The lowest BCUT2D eigenvalue weighted by Gasteiger charge is -2.23. The van der Waals surface area contributed by atoms with Crippen LogP contribution in [0.25, 0.3) is 0 Å². The van der Waals surface area contributed by atoms with E-state index in [2.05, 4.69) is 13.0 Å². The van der Waals surface area contributed by atoms with Gasteiger partial charge < -0.3 is 14.2 Å². The largest absolute Gasteiger partial charge is 0.497 e. The molecule has 1 atom stereocenters. The van der Waals surface area contributed by atoms with Crippen LogP contribution in [-0.4, -0.2) is 21.3 Å². The van der Waals surface area contributed by atoms with Crippen molar-refractivity contribution in [1.29, 1.82) is 0 Å². The molecule has 0 aromatic heterocycles. The molecule has 0 bridgehead atoms. The second-order valence-corrected chi connectivity index (χ2v) is 3.27. The molecule has 0 saturated heterocycles. The molecule has 0 aromatic rings. The Morgan fingerprint density at radius 1 is 1.12 bits per heavy atom. The van der Waals surface area contributed by atoms with Crippen LogP contribution < -0.4 is 0 Å². The molecule has 0 saturated carbocycles. The Bertz CT molecular complexity index is 254. The SMILES string of the molecule is CC.CCC1C=C(OC)C(OC)=C(OC)C1. The highest BCUT2D eigenvalue weighted by Gasteiger charge is 2.23. The molecule has 0 heterocycles. The van der Waals surface area contributed by atoms with Gasteiger partial charge in [-0.25, -0.2) is 0 Å². The third-order valence-corrected chi connectivity index (χ3v) is 2.51. The summed E-state index contributed by atoms with van der Waals surface area (Å²) in [6, 6.07) is 0. The minimum Gasteiger partial charge on any atom is -0.497 e. The van der Waals surface area contributed by atoms with Crippen molar-refractivity contribution < 1.29 is 14.2 Å². The van der Waals surface area contributed by atoms with E-state index in [9.17, 15) is 0 Å². The Hall–Kier alpha value is -1.12. The number of methoxy groups -OCH3 is 3. The fraction of sp³-hybridized carbons (Fsp3) is 0.692. The minimum atomic E-state index is 0.485. The molecule has 3 nitrogen and oxygen atoms in total. The monoisotopic (exact) mass is 228 g/mol. The van der Waals surface area contributed by atoms with Gasteiger partial charge in [-0.15, -0.1) is 0 Å². The van der Waals surface area contributed by atoms with E-state index in [0.717, 1.165) is 30.1 Å². The summed E-state index contributed by atoms with van der Waals surface area (Å²) in [7, 11) is 4.95. The van der Waals surface area contributed by atoms with Crippen molar-refractivity contribution in [3.05, 3.63) is 23.4 Å². The van der Waals surface area contributed by atoms with Crippen LogP contribution in [-0.2, 0) is 14.2 Å². The van der Waals surface area contributed by atoms with Crippen molar-refractivity contribution in [2.24, 2.45) is 5.92 Å². The normalized spacial score (nSPS) is 19.4. The molecule has 0 radical (unpaired) electrons. The highest BCUT2D eigenvalue weighted by Crippen LogP contribution is 2.31. The highest BCUT2D eigenvalue weighted by atomic mass is 16.5. The first-order chi connectivity index (χ1) is 7.76. The molecular weight excluding hydrogens is 204 g/mol. The molecule has 1 unspecified atom stereocenters. The zero-order valence-corrected chi connectivity index (χ0v) is 11.3. The van der Waals surface area contributed by atoms with Crippen LogP contribution in [0.5, 0.6) is 0 Å². The third kappa shape index (κ3) is 3.47. The number of hydrogen-bond donors (Lipinski definition) is 0. The van der Waals surface area contributed by atoms with E-state index in [0.29, 0.717) is 5.92 Å². The van der Waals surface area contributed by atoms with Crippen LogP contribution in [0.2, 0.25) is 0 Å². The number of rotatable bonds is 4. The van der Waals surface area contributed by atoms with Crippen LogP contribution in [0.3, 0.4) is 0 Å². The summed E-state index contributed by atoms with van der Waals surface area (Å²) in [6.07, 6.45) is 4.07. The minimum absolute atomic E-state index is 0.485. The lowest BCUT2D eigenvalue weighted by atomic mass is 9.95. The molecule has 0 N–H and O–H groups in total. The summed E-state index contributed by atoms with van der Waals surface area (Å²) < 4.78 is 15.8. The lowest BCUT2D eigenvalue weighted by molar-refractivity contribution is 0.165. The maximum Gasteiger partial charge on any atom is 0.198 e. The molecule has 0 amide bonds. The molecule has 0 aromatic carbocycles. The smallest absolute Gasteiger partial charge is 0.198 e. The van der Waals surface area contributed by atoms with Gasteiger partial charge in [0.2, 0.25) is 0 Å². The molecular formula is C13H24O3. The van der Waals surface area contributed by atoms with Gasteiger partial charge in [-0.2, -0.15) is 0 Å². The standard InChI is InChI=1S/C11H18O3.C2H6/c1-5-8-6-9(12-2)11(14-4)10(7-8)13-3;1-2/h6,8H,5,7H2,1-4H3;1-2H3. The van der Waals surface area contributed by atoms with Crippen molar-refractivity contribution >= 4 is 0 Å². The van der Waals surface area contributed by atoms with Crippen LogP contribution in [0.1, 0.15) is 33.6 Å². The van der Waals surface area contributed by atoms with Crippen molar-refractivity contribution in [3.8, 4) is 0 Å². The molecule has 3 heteroatoms. The third-order valence-electron chi connectivity index (χ3n) is 2.51. The maximum atomic E-state index is 5.29. The molecule has 0 aliphatic heterocycles. The van der Waals surface area contributed by atoms with E-state index >= 15 is 0 Å². The van der Waals surface area contributed by atoms with Crippen molar-refractivity contribution in [2.75, 3.05) is 21.3 Å². The quantitative estimate of drug-likeness (QED) is 0.737. The molecule has 16 heavy (non-hydrogen) atoms. The van der Waals surface area contributed by atoms with Gasteiger partial charge in [0.25, 0.3) is 0 Å². The lowest BCUT2D eigenvalue weighted by Crippen LogP contribution is -2.12. The van der Waals surface area contributed by atoms with Gasteiger partial charge in [0.1, 0.15) is 5.76 Å². The van der Waals surface area contributed by atoms with Crippen molar-refractivity contribution in [2.45, 2.75) is 33.6 Å². The first-order valence-corrected chi connectivity index (χ1v) is 5.84. The van der Waals surface area contributed by atoms with E-state index in [4.69, 9.17) is 14.2 Å². The van der Waals surface area contributed by atoms with Crippen molar-refractivity contribution in [3.63, 3.8) is 0 Å². The van der Waals surface area contributed by atoms with Crippen LogP contribution in [0.4, 0.5) is 0 Å². The zero-order chi connectivity index (χ0) is 12.6. The zero-order valence-electron chi connectivity index (χ0n) is 11.3. The Morgan fingerprint density at radius 3 is 2.12 bits per heavy atom. The molecule has 1 aliphatic rings. The fourth-order valence-electron chi connectivity index (χ4n) is 1.63. The molecule has 0 spiro atoms. The maximum absolute atomic E-state index is 5.29. The van der Waals surface area contributed by atoms with E-state index < -0.39 is 0 Å². The van der Waals surface area contributed by atoms with Gasteiger partial charge in [0.05, 0.1) is 21.3 Å². The number of ether oxygens (including phenoxy) is 3. The predicted molar refractivity (Wildman–Crippen MR) is 65.9 cm³/mol. The van der Waals surface area contributed by atoms with Gasteiger partial charge in [-0.1, -0.05) is 20.8 Å². The van der Waals surface area contributed by atoms with Crippen molar-refractivity contribution in [1.82, 2.24) is 0 Å². The van der Waals surface area contributed by atoms with Gasteiger partial charge in [0.15, 0.2) is 11.5 Å².